The lowest BCUT2D eigenvalue weighted by molar-refractivity contribution is 0.565. The topological polar surface area (TPSA) is 50.4 Å². The minimum atomic E-state index is -0.242. The number of anilines is 1. The number of halogens is 1. The highest BCUT2D eigenvalue weighted by Crippen LogP contribution is 2.39. The number of nitrogens with one attached hydrogen (secondary N) is 1. The molecule has 1 aliphatic heterocycles. The molecule has 1 aromatic carbocycles. The van der Waals surface area contributed by atoms with Crippen molar-refractivity contribution in [2.24, 2.45) is 5.10 Å². The van der Waals surface area contributed by atoms with Gasteiger partial charge in [-0.1, -0.05) is 27.7 Å². The monoisotopic (exact) mass is 271 g/mol. The molecule has 1 atom stereocenters. The summed E-state index contributed by atoms with van der Waals surface area (Å²) in [6.45, 7) is 2.06. The number of nitrogen functional groups attached to an aromatic ring is 1. The summed E-state index contributed by atoms with van der Waals surface area (Å²) in [5, 5.41) is 4.00. The van der Waals surface area contributed by atoms with Gasteiger partial charge in [0.2, 0.25) is 0 Å². The van der Waals surface area contributed by atoms with Crippen molar-refractivity contribution in [3.05, 3.63) is 28.2 Å². The Morgan fingerprint density at radius 3 is 3.00 bits per heavy atom. The Morgan fingerprint density at radius 1 is 1.57 bits per heavy atom. The molecule has 3 N–H and O–H groups in total. The third kappa shape index (κ3) is 1.62. The third-order valence-corrected chi connectivity index (χ3v) is 3.63. The van der Waals surface area contributed by atoms with Crippen molar-refractivity contribution in [3.63, 3.8) is 0 Å². The van der Waals surface area contributed by atoms with E-state index in [2.05, 4.69) is 33.4 Å². The second kappa shape index (κ2) is 3.47. The van der Waals surface area contributed by atoms with Gasteiger partial charge < -0.3 is 5.73 Å². The molecule has 0 radical (unpaired) electrons. The van der Waals surface area contributed by atoms with E-state index in [1.54, 1.807) is 17.3 Å². The Balaban J connectivity index is 2.45. The molecule has 2 rings (SSSR count). The summed E-state index contributed by atoms with van der Waals surface area (Å²) in [6, 6.07) is 5.85. The molecule has 0 saturated carbocycles. The van der Waals surface area contributed by atoms with E-state index in [4.69, 9.17) is 5.73 Å². The first-order chi connectivity index (χ1) is 6.62. The number of nitrogens with two attached hydrogens (primary N) is 1. The highest BCUT2D eigenvalue weighted by atomic mass is 79.9. The second-order valence-corrected chi connectivity index (χ2v) is 5.41. The van der Waals surface area contributed by atoms with Gasteiger partial charge in [0.15, 0.2) is 0 Å². The molecule has 3 nitrogen and oxygen atoms in total. The largest absolute Gasteiger partial charge is 0.398 e. The number of hydrogen-bond donors (Lipinski definition) is 2. The summed E-state index contributed by atoms with van der Waals surface area (Å²) >= 11 is 5.05. The summed E-state index contributed by atoms with van der Waals surface area (Å²) in [7, 11) is 0. The van der Waals surface area contributed by atoms with Crippen molar-refractivity contribution in [3.8, 4) is 0 Å². The number of rotatable bonds is 1. The van der Waals surface area contributed by atoms with Crippen molar-refractivity contribution in [2.45, 2.75) is 11.8 Å². The molecule has 74 valence electrons. The van der Waals surface area contributed by atoms with E-state index >= 15 is 0 Å². The van der Waals surface area contributed by atoms with E-state index in [9.17, 15) is 0 Å². The van der Waals surface area contributed by atoms with Crippen molar-refractivity contribution >= 4 is 38.9 Å². The summed E-state index contributed by atoms with van der Waals surface area (Å²) in [4.78, 5) is -0.242. The van der Waals surface area contributed by atoms with Crippen LogP contribution in [0.3, 0.4) is 0 Å². The van der Waals surface area contributed by atoms with Gasteiger partial charge in [0, 0.05) is 15.7 Å². The van der Waals surface area contributed by atoms with Gasteiger partial charge in [-0.2, -0.15) is 5.10 Å². The van der Waals surface area contributed by atoms with Crippen LogP contribution in [0, 0.1) is 0 Å². The van der Waals surface area contributed by atoms with Gasteiger partial charge in [-0.05, 0) is 25.1 Å². The molecule has 5 heteroatoms. The average Bonchev–Trinajstić information content (AvgIpc) is 2.58. The molecule has 1 heterocycles. The van der Waals surface area contributed by atoms with E-state index < -0.39 is 0 Å². The van der Waals surface area contributed by atoms with Gasteiger partial charge in [0.1, 0.15) is 4.87 Å². The molecule has 0 aliphatic carbocycles. The lowest BCUT2D eigenvalue weighted by atomic mass is 10.1. The lowest BCUT2D eigenvalue weighted by Crippen LogP contribution is -2.29. The highest BCUT2D eigenvalue weighted by Gasteiger charge is 2.31. The van der Waals surface area contributed by atoms with Crippen LogP contribution >= 0.6 is 27.7 Å². The molecule has 0 aromatic heterocycles. The second-order valence-electron chi connectivity index (χ2n) is 3.23. The maximum absolute atomic E-state index is 5.92. The molecular weight excluding hydrogens is 262 g/mol. The van der Waals surface area contributed by atoms with Crippen LogP contribution in [-0.4, -0.2) is 5.55 Å². The standard InChI is InChI=1S/C9H10BrN3S/c1-9(13-12-5-14-9)7-4-6(10)2-3-8(7)11/h2-5,13H,11H2,1H3. The van der Waals surface area contributed by atoms with Crippen LogP contribution in [0.1, 0.15) is 12.5 Å². The molecule has 14 heavy (non-hydrogen) atoms. The zero-order valence-electron chi connectivity index (χ0n) is 7.62. The van der Waals surface area contributed by atoms with Gasteiger partial charge in [-0.25, -0.2) is 0 Å². The number of benzene rings is 1. The van der Waals surface area contributed by atoms with Crippen LogP contribution in [0.2, 0.25) is 0 Å². The molecule has 0 fully saturated rings. The van der Waals surface area contributed by atoms with Crippen LogP contribution in [-0.2, 0) is 4.87 Å². The Hall–Kier alpha value is -0.680. The van der Waals surface area contributed by atoms with Crippen LogP contribution < -0.4 is 11.2 Å². The maximum Gasteiger partial charge on any atom is 0.130 e. The van der Waals surface area contributed by atoms with Crippen molar-refractivity contribution < 1.29 is 0 Å². The minimum absolute atomic E-state index is 0.242. The van der Waals surface area contributed by atoms with Crippen LogP contribution in [0.25, 0.3) is 0 Å². The summed E-state index contributed by atoms with van der Waals surface area (Å²) in [5.74, 6) is 0. The minimum Gasteiger partial charge on any atom is -0.398 e. The van der Waals surface area contributed by atoms with E-state index in [1.165, 1.54) is 0 Å². The molecule has 1 aliphatic rings. The fourth-order valence-corrected chi connectivity index (χ4v) is 2.46. The smallest absolute Gasteiger partial charge is 0.130 e. The molecule has 0 saturated heterocycles. The Morgan fingerprint density at radius 2 is 2.36 bits per heavy atom. The fraction of sp³-hybridized carbons (Fsp3) is 0.222. The first kappa shape index (κ1) is 9.86. The SMILES string of the molecule is CC1(c2cc(Br)ccc2N)NN=CS1. The molecule has 0 spiro atoms. The van der Waals surface area contributed by atoms with Gasteiger partial charge in [0.25, 0.3) is 0 Å². The van der Waals surface area contributed by atoms with Gasteiger partial charge in [-0.3, -0.25) is 5.43 Å². The third-order valence-electron chi connectivity index (χ3n) is 2.15. The maximum atomic E-state index is 5.92. The predicted molar refractivity (Wildman–Crippen MR) is 65.1 cm³/mol. The Kier molecular flexibility index (Phi) is 2.45. The molecule has 1 aromatic rings. The average molecular weight is 272 g/mol. The number of hydrogen-bond acceptors (Lipinski definition) is 4. The van der Waals surface area contributed by atoms with Gasteiger partial charge in [0.05, 0.1) is 5.55 Å². The van der Waals surface area contributed by atoms with Crippen LogP contribution in [0.4, 0.5) is 5.69 Å². The normalized spacial score (nSPS) is 25.0. The molecule has 1 unspecified atom stereocenters. The van der Waals surface area contributed by atoms with Crippen molar-refractivity contribution in [1.29, 1.82) is 0 Å². The van der Waals surface area contributed by atoms with Crippen molar-refractivity contribution in [2.75, 3.05) is 5.73 Å². The number of thioether (sulfide) groups is 1. The lowest BCUT2D eigenvalue weighted by Gasteiger charge is -2.24. The first-order valence-corrected chi connectivity index (χ1v) is 5.81. The Labute approximate surface area is 95.3 Å². The number of hydrazone groups is 1. The quantitative estimate of drug-likeness (QED) is 0.772. The zero-order chi connectivity index (χ0) is 10.2. The van der Waals surface area contributed by atoms with E-state index in [0.717, 1.165) is 15.7 Å². The molecule has 0 amide bonds. The van der Waals surface area contributed by atoms with Crippen molar-refractivity contribution in [1.82, 2.24) is 5.43 Å². The van der Waals surface area contributed by atoms with E-state index in [0.29, 0.717) is 0 Å². The van der Waals surface area contributed by atoms with Crippen LogP contribution in [0.5, 0.6) is 0 Å². The van der Waals surface area contributed by atoms with E-state index in [1.807, 2.05) is 18.2 Å². The summed E-state index contributed by atoms with van der Waals surface area (Å²) in [5.41, 5.74) is 12.6. The fourth-order valence-electron chi connectivity index (χ4n) is 1.37. The number of nitrogens with zero attached hydrogens (tertiary/aromatic N) is 1. The molecular formula is C9H10BrN3S. The summed E-state index contributed by atoms with van der Waals surface area (Å²) < 4.78 is 1.03. The first-order valence-electron chi connectivity index (χ1n) is 4.14. The van der Waals surface area contributed by atoms with E-state index in [-0.39, 0.29) is 4.87 Å². The van der Waals surface area contributed by atoms with Crippen LogP contribution in [0.15, 0.2) is 27.8 Å². The summed E-state index contributed by atoms with van der Waals surface area (Å²) in [6.07, 6.45) is 0. The van der Waals surface area contributed by atoms with Gasteiger partial charge >= 0.3 is 0 Å². The predicted octanol–water partition coefficient (Wildman–Crippen LogP) is 2.48. The zero-order valence-corrected chi connectivity index (χ0v) is 10.0. The molecule has 0 bridgehead atoms. The highest BCUT2D eigenvalue weighted by molar-refractivity contribution is 9.10. The van der Waals surface area contributed by atoms with Gasteiger partial charge in [-0.15, -0.1) is 0 Å². The Bertz CT molecular complexity index is 384.